The first-order valence-corrected chi connectivity index (χ1v) is 5.78. The molecule has 6 heteroatoms. The average molecular weight is 251 g/mol. The van der Waals surface area contributed by atoms with Gasteiger partial charge < -0.3 is 9.90 Å². The number of phenols is 1. The number of carbonyl (C=O) groups is 3. The van der Waals surface area contributed by atoms with E-state index in [2.05, 4.69) is 0 Å². The third-order valence-electron chi connectivity index (χ3n) is 2.34. The zero-order valence-electron chi connectivity index (χ0n) is 8.70. The normalized spacial score (nSPS) is 19.8. The summed E-state index contributed by atoms with van der Waals surface area (Å²) in [5.41, 5.74) is 0.402. The number of benzene rings is 1. The molecule has 1 heterocycles. The number of phenolic OH excluding ortho intramolecular Hbond substituents is 1. The molecule has 2 rings (SSSR count). The van der Waals surface area contributed by atoms with E-state index < -0.39 is 16.4 Å². The number of rotatable bonds is 3. The molecule has 5 nitrogen and oxygen atoms in total. The van der Waals surface area contributed by atoms with Crippen molar-refractivity contribution in [1.29, 1.82) is 0 Å². The molecule has 1 aromatic rings. The van der Waals surface area contributed by atoms with E-state index in [1.165, 1.54) is 24.3 Å². The van der Waals surface area contributed by atoms with E-state index in [9.17, 15) is 14.4 Å². The summed E-state index contributed by atoms with van der Waals surface area (Å²) in [4.78, 5) is 34.9. The van der Waals surface area contributed by atoms with Gasteiger partial charge in [-0.3, -0.25) is 9.59 Å². The Morgan fingerprint density at radius 3 is 2.53 bits per heavy atom. The van der Waals surface area contributed by atoms with Crippen LogP contribution in [0.15, 0.2) is 24.3 Å². The largest absolute Gasteiger partial charge is 0.508 e. The van der Waals surface area contributed by atoms with Gasteiger partial charge in [-0.1, -0.05) is 11.8 Å². The Balaban J connectivity index is 2.27. The van der Waals surface area contributed by atoms with Crippen LogP contribution in [0.3, 0.4) is 0 Å². The number of thioether (sulfide) groups is 1. The molecule has 0 aromatic heterocycles. The molecule has 1 aromatic carbocycles. The molecule has 0 unspecified atom stereocenters. The number of hydrogen-bond donors (Lipinski definition) is 1. The van der Waals surface area contributed by atoms with Crippen molar-refractivity contribution in [1.82, 2.24) is 0 Å². The molecule has 0 radical (unpaired) electrons. The number of nitrogens with zero attached hydrogens (tertiary/aromatic N) is 1. The van der Waals surface area contributed by atoms with Gasteiger partial charge in [0.05, 0.1) is 5.69 Å². The Hall–Kier alpha value is -1.82. The van der Waals surface area contributed by atoms with Crippen molar-refractivity contribution in [2.45, 2.75) is 11.7 Å². The zero-order valence-corrected chi connectivity index (χ0v) is 9.52. The van der Waals surface area contributed by atoms with E-state index in [1.807, 2.05) is 0 Å². The lowest BCUT2D eigenvalue weighted by Gasteiger charge is -2.13. The third kappa shape index (κ3) is 2.16. The van der Waals surface area contributed by atoms with Crippen molar-refractivity contribution in [2.24, 2.45) is 0 Å². The second-order valence-corrected chi connectivity index (χ2v) is 4.62. The van der Waals surface area contributed by atoms with Gasteiger partial charge in [0.2, 0.25) is 5.91 Å². The Labute approximate surface area is 101 Å². The summed E-state index contributed by atoms with van der Waals surface area (Å²) >= 11 is 0.849. The van der Waals surface area contributed by atoms with Crippen LogP contribution in [0, 0.1) is 0 Å². The summed E-state index contributed by atoms with van der Waals surface area (Å²) in [5, 5.41) is 8.10. The molecule has 1 N–H and O–H groups in total. The number of imide groups is 1. The third-order valence-corrected chi connectivity index (χ3v) is 3.40. The molecule has 0 spiro atoms. The van der Waals surface area contributed by atoms with Crippen LogP contribution in [0.25, 0.3) is 0 Å². The van der Waals surface area contributed by atoms with Crippen LogP contribution in [-0.2, 0) is 9.59 Å². The first kappa shape index (κ1) is 11.7. The number of carbonyl (C=O) groups excluding carboxylic acids is 3. The molecule has 1 saturated heterocycles. The fraction of sp³-hybridized carbons (Fsp3) is 0.182. The van der Waals surface area contributed by atoms with E-state index in [0.717, 1.165) is 16.7 Å². The van der Waals surface area contributed by atoms with Crippen LogP contribution in [0.2, 0.25) is 0 Å². The van der Waals surface area contributed by atoms with Crippen molar-refractivity contribution in [2.75, 3.05) is 4.90 Å². The molecular formula is C11H9NO4S. The smallest absolute Gasteiger partial charge is 0.293 e. The molecular weight excluding hydrogens is 242 g/mol. The van der Waals surface area contributed by atoms with Crippen LogP contribution in [-0.4, -0.2) is 27.8 Å². The summed E-state index contributed by atoms with van der Waals surface area (Å²) in [6.45, 7) is 0. The fourth-order valence-corrected chi connectivity index (χ4v) is 2.45. The van der Waals surface area contributed by atoms with Crippen molar-refractivity contribution in [3.63, 3.8) is 0 Å². The highest BCUT2D eigenvalue weighted by Gasteiger charge is 2.40. The van der Waals surface area contributed by atoms with Crippen LogP contribution in [0.1, 0.15) is 6.42 Å². The van der Waals surface area contributed by atoms with Gasteiger partial charge in [-0.05, 0) is 24.3 Å². The summed E-state index contributed by atoms with van der Waals surface area (Å²) < 4.78 is 0. The number of hydrogen-bond acceptors (Lipinski definition) is 5. The second-order valence-electron chi connectivity index (χ2n) is 3.46. The van der Waals surface area contributed by atoms with Gasteiger partial charge in [0, 0.05) is 6.42 Å². The standard InChI is InChI=1S/C11H9NO4S/c13-6-5-9-10(15)12(11(16)17-9)7-1-3-8(14)4-2-7/h1-4,6,9,14H,5H2/t9-/m1/s1. The quantitative estimate of drug-likeness (QED) is 0.825. The van der Waals surface area contributed by atoms with Gasteiger partial charge in [-0.2, -0.15) is 0 Å². The molecule has 1 fully saturated rings. The number of anilines is 1. The minimum atomic E-state index is -0.631. The summed E-state index contributed by atoms with van der Waals surface area (Å²) in [6, 6.07) is 5.76. The minimum absolute atomic E-state index is 0.0316. The molecule has 88 valence electrons. The van der Waals surface area contributed by atoms with Crippen molar-refractivity contribution in [3.05, 3.63) is 24.3 Å². The molecule has 0 bridgehead atoms. The number of aromatic hydroxyl groups is 1. The van der Waals surface area contributed by atoms with Crippen LogP contribution in [0.5, 0.6) is 5.75 Å². The van der Waals surface area contributed by atoms with Crippen molar-refractivity contribution >= 4 is 34.9 Å². The lowest BCUT2D eigenvalue weighted by Crippen LogP contribution is -2.31. The van der Waals surface area contributed by atoms with Gasteiger partial charge in [0.15, 0.2) is 0 Å². The maximum Gasteiger partial charge on any atom is 0.293 e. The zero-order chi connectivity index (χ0) is 12.4. The SMILES string of the molecule is O=CC[C@H]1SC(=O)N(c2ccc(O)cc2)C1=O. The van der Waals surface area contributed by atoms with E-state index in [4.69, 9.17) is 5.11 Å². The van der Waals surface area contributed by atoms with Gasteiger partial charge in [-0.15, -0.1) is 0 Å². The van der Waals surface area contributed by atoms with E-state index in [1.54, 1.807) is 0 Å². The molecule has 2 amide bonds. The van der Waals surface area contributed by atoms with Crippen LogP contribution in [0.4, 0.5) is 10.5 Å². The molecule has 17 heavy (non-hydrogen) atoms. The lowest BCUT2D eigenvalue weighted by molar-refractivity contribution is -0.118. The lowest BCUT2D eigenvalue weighted by atomic mass is 10.2. The van der Waals surface area contributed by atoms with Crippen molar-refractivity contribution < 1.29 is 19.5 Å². The first-order valence-electron chi connectivity index (χ1n) is 4.90. The predicted molar refractivity (Wildman–Crippen MR) is 63.0 cm³/mol. The van der Waals surface area contributed by atoms with E-state index >= 15 is 0 Å². The van der Waals surface area contributed by atoms with Gasteiger partial charge in [0.1, 0.15) is 17.3 Å². The molecule has 0 aliphatic carbocycles. The predicted octanol–water partition coefficient (Wildman–Crippen LogP) is 1.55. The summed E-state index contributed by atoms with van der Waals surface area (Å²) in [5.74, 6) is -0.331. The van der Waals surface area contributed by atoms with Gasteiger partial charge in [-0.25, -0.2) is 4.90 Å². The first-order chi connectivity index (χ1) is 8.13. The topological polar surface area (TPSA) is 74.7 Å². The summed E-state index contributed by atoms with van der Waals surface area (Å²) in [7, 11) is 0. The maximum absolute atomic E-state index is 11.9. The highest BCUT2D eigenvalue weighted by Crippen LogP contribution is 2.33. The van der Waals surface area contributed by atoms with Gasteiger partial charge >= 0.3 is 0 Å². The monoisotopic (exact) mass is 251 g/mol. The van der Waals surface area contributed by atoms with E-state index in [0.29, 0.717) is 12.0 Å². The number of aldehydes is 1. The minimum Gasteiger partial charge on any atom is -0.508 e. The Bertz CT molecular complexity index is 471. The molecule has 0 saturated carbocycles. The summed E-state index contributed by atoms with van der Waals surface area (Å²) in [6.07, 6.45) is 0.660. The van der Waals surface area contributed by atoms with E-state index in [-0.39, 0.29) is 12.2 Å². The molecule has 1 atom stereocenters. The van der Waals surface area contributed by atoms with Crippen LogP contribution < -0.4 is 4.90 Å². The Morgan fingerprint density at radius 1 is 1.29 bits per heavy atom. The average Bonchev–Trinajstić information content (AvgIpc) is 2.57. The van der Waals surface area contributed by atoms with Gasteiger partial charge in [0.25, 0.3) is 5.24 Å². The number of amides is 2. The van der Waals surface area contributed by atoms with Crippen molar-refractivity contribution in [3.8, 4) is 5.75 Å². The molecule has 1 aliphatic heterocycles. The Kier molecular flexibility index (Phi) is 3.14. The second kappa shape index (κ2) is 4.58. The highest BCUT2D eigenvalue weighted by molar-refractivity contribution is 8.15. The fourth-order valence-electron chi connectivity index (χ4n) is 1.53. The molecule has 1 aliphatic rings. The van der Waals surface area contributed by atoms with Crippen LogP contribution >= 0.6 is 11.8 Å². The highest BCUT2D eigenvalue weighted by atomic mass is 32.2. The Morgan fingerprint density at radius 2 is 1.94 bits per heavy atom. The maximum atomic E-state index is 11.9.